The van der Waals surface area contributed by atoms with Crippen molar-refractivity contribution in [1.29, 1.82) is 0 Å². The Hall–Kier alpha value is -0.230. The lowest BCUT2D eigenvalue weighted by molar-refractivity contribution is 0.215. The highest BCUT2D eigenvalue weighted by Crippen LogP contribution is 2.31. The topological polar surface area (TPSA) is 41.5 Å². The first-order valence-electron chi connectivity index (χ1n) is 6.46. The van der Waals surface area contributed by atoms with Crippen molar-refractivity contribution >= 4 is 27.7 Å². The molecule has 106 valence electrons. The van der Waals surface area contributed by atoms with Crippen LogP contribution in [0.1, 0.15) is 12.5 Å². The van der Waals surface area contributed by atoms with Gasteiger partial charge in [0.1, 0.15) is 11.9 Å². The summed E-state index contributed by atoms with van der Waals surface area (Å²) < 4.78 is 7.00. The molecule has 0 radical (unpaired) electrons. The van der Waals surface area contributed by atoms with E-state index in [4.69, 9.17) is 4.74 Å². The molecule has 19 heavy (non-hydrogen) atoms. The Balaban J connectivity index is 1.84. The summed E-state index contributed by atoms with van der Waals surface area (Å²) in [7, 11) is 0. The van der Waals surface area contributed by atoms with Gasteiger partial charge in [-0.05, 0) is 36.9 Å². The van der Waals surface area contributed by atoms with Crippen LogP contribution in [0.25, 0.3) is 0 Å². The zero-order valence-corrected chi connectivity index (χ0v) is 13.6. The van der Waals surface area contributed by atoms with Crippen molar-refractivity contribution in [2.24, 2.45) is 0 Å². The van der Waals surface area contributed by atoms with E-state index in [-0.39, 0.29) is 24.0 Å². The van der Waals surface area contributed by atoms with Crippen LogP contribution in [0.15, 0.2) is 22.7 Å². The number of hydrogen-bond acceptors (Lipinski definition) is 4. The first-order valence-corrected chi connectivity index (χ1v) is 8.54. The number of thioether (sulfide) groups is 1. The van der Waals surface area contributed by atoms with Crippen molar-refractivity contribution in [3.63, 3.8) is 0 Å². The highest BCUT2D eigenvalue weighted by atomic mass is 79.9. The highest BCUT2D eigenvalue weighted by molar-refractivity contribution is 9.10. The van der Waals surface area contributed by atoms with Crippen LogP contribution in [0, 0.1) is 0 Å². The number of nitrogens with one attached hydrogen (secondary N) is 1. The van der Waals surface area contributed by atoms with Gasteiger partial charge in [-0.25, -0.2) is 0 Å². The van der Waals surface area contributed by atoms with Crippen molar-refractivity contribution in [3.05, 3.63) is 28.2 Å². The number of halogens is 1. The van der Waals surface area contributed by atoms with E-state index in [0.717, 1.165) is 23.2 Å². The molecule has 3 atom stereocenters. The Labute approximate surface area is 127 Å². The van der Waals surface area contributed by atoms with Crippen LogP contribution >= 0.6 is 27.7 Å². The van der Waals surface area contributed by atoms with Gasteiger partial charge in [0.25, 0.3) is 0 Å². The second-order valence-corrected chi connectivity index (χ2v) is 6.84. The van der Waals surface area contributed by atoms with E-state index in [0.29, 0.717) is 0 Å². The molecule has 3 unspecified atom stereocenters. The van der Waals surface area contributed by atoms with Crippen molar-refractivity contribution in [2.45, 2.75) is 30.7 Å². The molecule has 1 aromatic rings. The van der Waals surface area contributed by atoms with Crippen molar-refractivity contribution in [1.82, 2.24) is 5.32 Å². The minimum absolute atomic E-state index is 0.188. The van der Waals surface area contributed by atoms with E-state index < -0.39 is 0 Å². The molecule has 0 aliphatic carbocycles. The Bertz CT molecular complexity index is 426. The summed E-state index contributed by atoms with van der Waals surface area (Å²) in [5.41, 5.74) is 1.26. The minimum Gasteiger partial charge on any atom is -0.488 e. The van der Waals surface area contributed by atoms with Gasteiger partial charge in [-0.2, -0.15) is 11.8 Å². The number of benzene rings is 1. The summed E-state index contributed by atoms with van der Waals surface area (Å²) in [6, 6.07) is 6.42. The maximum absolute atomic E-state index is 9.26. The molecular weight excluding hydrogens is 326 g/mol. The molecule has 0 spiro atoms. The maximum Gasteiger partial charge on any atom is 0.123 e. The number of rotatable bonds is 6. The third kappa shape index (κ3) is 3.88. The molecule has 0 bridgehead atoms. The molecule has 3 nitrogen and oxygen atoms in total. The van der Waals surface area contributed by atoms with Gasteiger partial charge in [0.2, 0.25) is 0 Å². The molecule has 0 amide bonds. The highest BCUT2D eigenvalue weighted by Gasteiger charge is 2.24. The Kier molecular flexibility index (Phi) is 5.57. The number of ether oxygens (including phenoxy) is 1. The first-order chi connectivity index (χ1) is 9.13. The zero-order chi connectivity index (χ0) is 13.8. The second-order valence-electron chi connectivity index (χ2n) is 4.85. The smallest absolute Gasteiger partial charge is 0.123 e. The predicted molar refractivity (Wildman–Crippen MR) is 84.1 cm³/mol. The lowest BCUT2D eigenvalue weighted by Gasteiger charge is -2.23. The van der Waals surface area contributed by atoms with Crippen LogP contribution in [0.2, 0.25) is 0 Å². The summed E-state index contributed by atoms with van der Waals surface area (Å²) >= 11 is 5.17. The molecule has 0 saturated carbocycles. The average molecular weight is 346 g/mol. The van der Waals surface area contributed by atoms with E-state index in [1.54, 1.807) is 11.8 Å². The van der Waals surface area contributed by atoms with E-state index in [2.05, 4.69) is 34.2 Å². The fourth-order valence-corrected chi connectivity index (χ4v) is 3.35. The molecule has 1 heterocycles. The van der Waals surface area contributed by atoms with E-state index in [1.807, 2.05) is 18.4 Å². The Morgan fingerprint density at radius 3 is 3.05 bits per heavy atom. The molecule has 2 rings (SSSR count). The Morgan fingerprint density at radius 2 is 2.37 bits per heavy atom. The molecule has 0 saturated heterocycles. The van der Waals surface area contributed by atoms with Crippen LogP contribution in [0.5, 0.6) is 5.75 Å². The molecule has 0 aromatic heterocycles. The molecule has 1 aliphatic rings. The van der Waals surface area contributed by atoms with Crippen molar-refractivity contribution < 1.29 is 9.84 Å². The summed E-state index contributed by atoms with van der Waals surface area (Å²) in [6.45, 7) is 3.12. The number of aliphatic hydroxyl groups excluding tert-OH is 1. The zero-order valence-electron chi connectivity index (χ0n) is 11.2. The number of fused-ring (bicyclic) bond motifs is 1. The van der Waals surface area contributed by atoms with Crippen molar-refractivity contribution in [3.8, 4) is 5.75 Å². The van der Waals surface area contributed by atoms with Gasteiger partial charge in [-0.3, -0.25) is 0 Å². The molecule has 5 heteroatoms. The number of aliphatic hydroxyl groups is 1. The number of hydrogen-bond donors (Lipinski definition) is 2. The molecule has 1 aromatic carbocycles. The van der Waals surface area contributed by atoms with E-state index in [9.17, 15) is 5.11 Å². The quantitative estimate of drug-likeness (QED) is 0.830. The first kappa shape index (κ1) is 15.2. The van der Waals surface area contributed by atoms with Crippen LogP contribution in [0.4, 0.5) is 0 Å². The van der Waals surface area contributed by atoms with Gasteiger partial charge >= 0.3 is 0 Å². The fourth-order valence-electron chi connectivity index (χ4n) is 2.29. The van der Waals surface area contributed by atoms with Crippen LogP contribution < -0.4 is 10.1 Å². The minimum atomic E-state index is 0.188. The van der Waals surface area contributed by atoms with Crippen LogP contribution in [-0.2, 0) is 6.42 Å². The standard InChI is InChI=1S/C14H20BrNO2S/c1-9(14(8-17)19-2)16-7-12-6-10-5-11(15)3-4-13(10)18-12/h3-5,9,12,14,16-17H,6-8H2,1-2H3. The van der Waals surface area contributed by atoms with E-state index >= 15 is 0 Å². The van der Waals surface area contributed by atoms with Gasteiger partial charge in [-0.1, -0.05) is 15.9 Å². The monoisotopic (exact) mass is 345 g/mol. The normalized spacial score (nSPS) is 20.7. The average Bonchev–Trinajstić information content (AvgIpc) is 2.79. The molecular formula is C14H20BrNO2S. The summed E-state index contributed by atoms with van der Waals surface area (Å²) in [6.07, 6.45) is 3.16. The largest absolute Gasteiger partial charge is 0.488 e. The van der Waals surface area contributed by atoms with Gasteiger partial charge in [0.05, 0.1) is 6.61 Å². The van der Waals surface area contributed by atoms with Crippen LogP contribution in [-0.4, -0.2) is 41.9 Å². The third-order valence-electron chi connectivity index (χ3n) is 3.47. The van der Waals surface area contributed by atoms with Gasteiger partial charge < -0.3 is 15.2 Å². The van der Waals surface area contributed by atoms with Gasteiger partial charge in [0, 0.05) is 28.7 Å². The van der Waals surface area contributed by atoms with Crippen LogP contribution in [0.3, 0.4) is 0 Å². The molecule has 0 fully saturated rings. The van der Waals surface area contributed by atoms with Gasteiger partial charge in [0.15, 0.2) is 0 Å². The predicted octanol–water partition coefficient (Wildman–Crippen LogP) is 2.45. The SMILES string of the molecule is CSC(CO)C(C)NCC1Cc2cc(Br)ccc2O1. The fraction of sp³-hybridized carbons (Fsp3) is 0.571. The maximum atomic E-state index is 9.26. The lowest BCUT2D eigenvalue weighted by atomic mass is 10.1. The Morgan fingerprint density at radius 1 is 1.58 bits per heavy atom. The summed E-state index contributed by atoms with van der Waals surface area (Å²) in [5, 5.41) is 13.0. The lowest BCUT2D eigenvalue weighted by Crippen LogP contribution is -2.42. The summed E-state index contributed by atoms with van der Waals surface area (Å²) in [5.74, 6) is 0.992. The molecule has 1 aliphatic heterocycles. The van der Waals surface area contributed by atoms with E-state index in [1.165, 1.54) is 5.56 Å². The summed E-state index contributed by atoms with van der Waals surface area (Å²) in [4.78, 5) is 0. The third-order valence-corrected chi connectivity index (χ3v) is 5.13. The van der Waals surface area contributed by atoms with Gasteiger partial charge in [-0.15, -0.1) is 0 Å². The van der Waals surface area contributed by atoms with Crippen molar-refractivity contribution in [2.75, 3.05) is 19.4 Å². The molecule has 2 N–H and O–H groups in total. The second kappa shape index (κ2) is 6.97.